The third-order valence-electron chi connectivity index (χ3n) is 5.23. The van der Waals surface area contributed by atoms with Crippen molar-refractivity contribution in [1.29, 1.82) is 0 Å². The normalized spacial score (nSPS) is 17.2. The summed E-state index contributed by atoms with van der Waals surface area (Å²) < 4.78 is 31.5. The van der Waals surface area contributed by atoms with Crippen LogP contribution in [0.25, 0.3) is 0 Å². The summed E-state index contributed by atoms with van der Waals surface area (Å²) in [5.41, 5.74) is 0. The van der Waals surface area contributed by atoms with Gasteiger partial charge >= 0.3 is 0 Å². The molecule has 2 aromatic rings. The third kappa shape index (κ3) is 5.28. The minimum Gasteiger partial charge on any atom is -0.439 e. The summed E-state index contributed by atoms with van der Waals surface area (Å²) in [5, 5.41) is 2.60. The number of halogens is 1. The van der Waals surface area contributed by atoms with E-state index in [0.29, 0.717) is 6.54 Å². The predicted octanol–water partition coefficient (Wildman–Crippen LogP) is 2.63. The van der Waals surface area contributed by atoms with Crippen LogP contribution < -0.4 is 5.32 Å². The molecule has 0 aliphatic carbocycles. The average molecular weight is 484 g/mol. The van der Waals surface area contributed by atoms with Crippen LogP contribution in [-0.2, 0) is 9.84 Å². The Labute approximate surface area is 180 Å². The van der Waals surface area contributed by atoms with Crippen LogP contribution in [0.3, 0.4) is 0 Å². The Bertz CT molecular complexity index is 935. The van der Waals surface area contributed by atoms with Crippen molar-refractivity contribution in [3.05, 3.63) is 46.6 Å². The zero-order valence-electron chi connectivity index (χ0n) is 16.6. The molecule has 158 valence electrons. The molecule has 1 fully saturated rings. The lowest BCUT2D eigenvalue weighted by molar-refractivity contribution is 0.0856. The Hall–Kier alpha value is -1.68. The first kappa shape index (κ1) is 22.0. The lowest BCUT2D eigenvalue weighted by Crippen LogP contribution is -2.52. The van der Waals surface area contributed by atoms with Crippen LogP contribution in [0.4, 0.5) is 0 Å². The molecule has 9 heteroatoms. The zero-order chi connectivity index (χ0) is 21.0. The molecular formula is C20H26BrN3O4S. The van der Waals surface area contributed by atoms with Crippen molar-refractivity contribution in [3.8, 4) is 0 Å². The second-order valence-corrected chi connectivity index (χ2v) is 9.90. The highest BCUT2D eigenvalue weighted by molar-refractivity contribution is 9.10. The Morgan fingerprint density at radius 3 is 2.41 bits per heavy atom. The van der Waals surface area contributed by atoms with Gasteiger partial charge in [-0.25, -0.2) is 8.42 Å². The van der Waals surface area contributed by atoms with E-state index in [9.17, 15) is 13.2 Å². The minimum atomic E-state index is -3.81. The van der Waals surface area contributed by atoms with E-state index in [1.54, 1.807) is 12.1 Å². The van der Waals surface area contributed by atoms with Crippen molar-refractivity contribution >= 4 is 31.7 Å². The molecule has 1 aromatic heterocycles. The van der Waals surface area contributed by atoms with Gasteiger partial charge < -0.3 is 14.6 Å². The smallest absolute Gasteiger partial charge is 0.287 e. The number of hydrogen-bond acceptors (Lipinski definition) is 6. The lowest BCUT2D eigenvalue weighted by Gasteiger charge is -2.37. The van der Waals surface area contributed by atoms with Gasteiger partial charge in [0.05, 0.1) is 4.90 Å². The summed E-state index contributed by atoms with van der Waals surface area (Å²) in [7, 11) is -3.81. The second-order valence-electron chi connectivity index (χ2n) is 7.11. The van der Waals surface area contributed by atoms with Crippen LogP contribution in [0.2, 0.25) is 0 Å². The molecule has 7 nitrogen and oxygen atoms in total. The highest BCUT2D eigenvalue weighted by Crippen LogP contribution is 2.24. The Kier molecular flexibility index (Phi) is 7.15. The van der Waals surface area contributed by atoms with E-state index in [0.717, 1.165) is 37.2 Å². The molecule has 0 saturated carbocycles. The van der Waals surface area contributed by atoms with E-state index in [1.807, 2.05) is 0 Å². The molecule has 1 aromatic carbocycles. The molecule has 29 heavy (non-hydrogen) atoms. The fourth-order valence-corrected chi connectivity index (χ4v) is 4.73. The number of furan rings is 1. The SMILES string of the molecule is CCN1CCN([C@@H](C)CNC(=O)c2ccc(S(=O)(=O)c3ccc(Br)cc3)o2)CC1. The maximum Gasteiger partial charge on any atom is 0.287 e. The average Bonchev–Trinajstić information content (AvgIpc) is 3.23. The summed E-state index contributed by atoms with van der Waals surface area (Å²) in [6, 6.07) is 9.17. The number of likely N-dealkylation sites (N-methyl/N-ethyl adjacent to an activating group) is 1. The van der Waals surface area contributed by atoms with Gasteiger partial charge in [0.1, 0.15) is 0 Å². The summed E-state index contributed by atoms with van der Waals surface area (Å²) in [5.74, 6) is -0.426. The number of sulfone groups is 1. The van der Waals surface area contributed by atoms with Crippen LogP contribution in [-0.4, -0.2) is 69.4 Å². The lowest BCUT2D eigenvalue weighted by atomic mass is 10.2. The topological polar surface area (TPSA) is 82.9 Å². The largest absolute Gasteiger partial charge is 0.439 e. The van der Waals surface area contributed by atoms with E-state index in [2.05, 4.69) is 44.9 Å². The first-order chi connectivity index (χ1) is 13.8. The monoisotopic (exact) mass is 483 g/mol. The van der Waals surface area contributed by atoms with Crippen molar-refractivity contribution in [2.24, 2.45) is 0 Å². The van der Waals surface area contributed by atoms with E-state index in [4.69, 9.17) is 4.42 Å². The van der Waals surface area contributed by atoms with Crippen LogP contribution in [0.15, 0.2) is 55.3 Å². The molecule has 1 aliphatic heterocycles. The number of amides is 1. The summed E-state index contributed by atoms with van der Waals surface area (Å²) in [6.07, 6.45) is 0. The molecule has 2 heterocycles. The Morgan fingerprint density at radius 2 is 1.79 bits per heavy atom. The number of carbonyl (C=O) groups excluding carboxylic acids is 1. The van der Waals surface area contributed by atoms with Gasteiger partial charge in [0.25, 0.3) is 5.91 Å². The number of nitrogens with zero attached hydrogens (tertiary/aromatic N) is 2. The van der Waals surface area contributed by atoms with Crippen molar-refractivity contribution in [2.45, 2.75) is 29.9 Å². The predicted molar refractivity (Wildman–Crippen MR) is 114 cm³/mol. The molecule has 1 N–H and O–H groups in total. The number of nitrogens with one attached hydrogen (secondary N) is 1. The van der Waals surface area contributed by atoms with E-state index >= 15 is 0 Å². The van der Waals surface area contributed by atoms with Gasteiger partial charge in [-0.1, -0.05) is 22.9 Å². The van der Waals surface area contributed by atoms with Crippen LogP contribution >= 0.6 is 15.9 Å². The van der Waals surface area contributed by atoms with E-state index < -0.39 is 15.7 Å². The maximum atomic E-state index is 12.7. The third-order valence-corrected chi connectivity index (χ3v) is 7.40. The van der Waals surface area contributed by atoms with E-state index in [1.165, 1.54) is 24.3 Å². The highest BCUT2D eigenvalue weighted by atomic mass is 79.9. The molecule has 0 spiro atoms. The van der Waals surface area contributed by atoms with Crippen LogP contribution in [0.5, 0.6) is 0 Å². The van der Waals surface area contributed by atoms with Gasteiger partial charge in [0, 0.05) is 43.2 Å². The molecule has 1 amide bonds. The Balaban J connectivity index is 1.59. The van der Waals surface area contributed by atoms with Gasteiger partial charge in [-0.05, 0) is 49.9 Å². The van der Waals surface area contributed by atoms with Crippen LogP contribution in [0, 0.1) is 0 Å². The molecule has 0 radical (unpaired) electrons. The van der Waals surface area contributed by atoms with Gasteiger partial charge in [0.2, 0.25) is 14.9 Å². The molecule has 1 atom stereocenters. The summed E-state index contributed by atoms with van der Waals surface area (Å²) in [4.78, 5) is 17.3. The highest BCUT2D eigenvalue weighted by Gasteiger charge is 2.24. The van der Waals surface area contributed by atoms with Gasteiger partial charge in [0.15, 0.2) is 5.76 Å². The van der Waals surface area contributed by atoms with Crippen molar-refractivity contribution in [1.82, 2.24) is 15.1 Å². The van der Waals surface area contributed by atoms with Gasteiger partial charge in [-0.15, -0.1) is 0 Å². The molecule has 1 saturated heterocycles. The first-order valence-corrected chi connectivity index (χ1v) is 11.9. The molecular weight excluding hydrogens is 458 g/mol. The Morgan fingerprint density at radius 1 is 1.14 bits per heavy atom. The molecule has 0 unspecified atom stereocenters. The van der Waals surface area contributed by atoms with Crippen LogP contribution in [0.1, 0.15) is 24.4 Å². The number of hydrogen-bond donors (Lipinski definition) is 1. The summed E-state index contributed by atoms with van der Waals surface area (Å²) in [6.45, 7) is 9.78. The molecule has 3 rings (SSSR count). The summed E-state index contributed by atoms with van der Waals surface area (Å²) >= 11 is 3.28. The number of benzene rings is 1. The van der Waals surface area contributed by atoms with E-state index in [-0.39, 0.29) is 21.8 Å². The minimum absolute atomic E-state index is 0.0105. The quantitative estimate of drug-likeness (QED) is 0.651. The fraction of sp³-hybridized carbons (Fsp3) is 0.450. The van der Waals surface area contributed by atoms with Crippen molar-refractivity contribution < 1.29 is 17.6 Å². The van der Waals surface area contributed by atoms with Gasteiger partial charge in [-0.2, -0.15) is 0 Å². The number of carbonyl (C=O) groups is 1. The first-order valence-electron chi connectivity index (χ1n) is 9.66. The zero-order valence-corrected chi connectivity index (χ0v) is 19.0. The number of rotatable bonds is 7. The van der Waals surface area contributed by atoms with Gasteiger partial charge in [-0.3, -0.25) is 9.69 Å². The number of piperazine rings is 1. The molecule has 1 aliphatic rings. The molecule has 0 bridgehead atoms. The second kappa shape index (κ2) is 9.42. The maximum absolute atomic E-state index is 12.7. The van der Waals surface area contributed by atoms with Crippen molar-refractivity contribution in [3.63, 3.8) is 0 Å². The van der Waals surface area contributed by atoms with Crippen molar-refractivity contribution in [2.75, 3.05) is 39.3 Å². The fourth-order valence-electron chi connectivity index (χ4n) is 3.29. The standard InChI is InChI=1S/C20H26BrN3O4S/c1-3-23-10-12-24(13-11-23)15(2)14-22-20(25)18-8-9-19(28-18)29(26,27)17-6-4-16(21)5-7-17/h4-9,15H,3,10-14H2,1-2H3,(H,22,25)/t15-/m0/s1.